The molecule has 0 aromatic heterocycles. The molecule has 0 aromatic carbocycles. The molecule has 17 heavy (non-hydrogen) atoms. The van der Waals surface area contributed by atoms with E-state index in [9.17, 15) is 0 Å². The first-order valence-corrected chi connectivity index (χ1v) is 5.29. The van der Waals surface area contributed by atoms with Crippen LogP contribution < -0.4 is 5.32 Å². The molecule has 0 aliphatic heterocycles. The normalized spacial score (nSPS) is 13.5. The molecule has 0 saturated carbocycles. The van der Waals surface area contributed by atoms with Crippen LogP contribution in [0.1, 0.15) is 13.8 Å². The van der Waals surface area contributed by atoms with Crippen molar-refractivity contribution >= 4 is 47.6 Å². The van der Waals surface area contributed by atoms with Crippen LogP contribution >= 0.6 is 0 Å². The Morgan fingerprint density at radius 1 is 1.29 bits per heavy atom. The Labute approximate surface area is 122 Å². The first-order valence-electron chi connectivity index (χ1n) is 4.48. The van der Waals surface area contributed by atoms with E-state index in [1.807, 2.05) is 6.92 Å². The molecular formula is C8H13CuN5OS2. The third-order valence-corrected chi connectivity index (χ3v) is 1.65. The van der Waals surface area contributed by atoms with Crippen molar-refractivity contribution in [3.63, 3.8) is 0 Å². The number of nitrogens with zero attached hydrogens (tertiary/aromatic N) is 4. The van der Waals surface area contributed by atoms with Gasteiger partial charge in [-0.05, 0) is 19.0 Å². The molecule has 0 atom stereocenters. The predicted molar refractivity (Wildman–Crippen MR) is 71.9 cm³/mol. The second-order valence-corrected chi connectivity index (χ2v) is 3.18. The summed E-state index contributed by atoms with van der Waals surface area (Å²) in [5.41, 5.74) is 0.556. The van der Waals surface area contributed by atoms with Gasteiger partial charge in [-0.1, -0.05) is 0 Å². The minimum absolute atomic E-state index is 0. The van der Waals surface area contributed by atoms with E-state index in [1.54, 1.807) is 14.0 Å². The zero-order valence-electron chi connectivity index (χ0n) is 9.60. The Bertz CT molecular complexity index is 330. The van der Waals surface area contributed by atoms with E-state index >= 15 is 0 Å². The number of nitrogens with one attached hydrogen (secondary N) is 1. The molecule has 0 saturated heterocycles. The molecule has 0 aliphatic carbocycles. The van der Waals surface area contributed by atoms with E-state index in [2.05, 4.69) is 25.7 Å². The molecule has 0 unspecified atom stereocenters. The van der Waals surface area contributed by atoms with E-state index in [-0.39, 0.29) is 22.3 Å². The molecule has 0 rings (SSSR count). The standard InChI is InChI=1S/C8H15N5OS2.Cu/c1-4-14-8(16)13-10-5-6(2)11-12-7(15)9-3;/h5H,4H2,1-3H3,(H,13,16)(H2,9,12,15);/q;+2/p-2/b10-5+,11-6+;. The van der Waals surface area contributed by atoms with E-state index in [0.717, 1.165) is 0 Å². The zero-order chi connectivity index (χ0) is 12.4. The molecule has 0 amide bonds. The minimum Gasteiger partial charge on any atom is -0.741 e. The molecule has 99 valence electrons. The van der Waals surface area contributed by atoms with Crippen LogP contribution in [-0.2, 0) is 47.1 Å². The van der Waals surface area contributed by atoms with Crippen LogP contribution in [0.5, 0.6) is 0 Å². The van der Waals surface area contributed by atoms with Crippen molar-refractivity contribution in [2.45, 2.75) is 13.8 Å². The van der Waals surface area contributed by atoms with Crippen LogP contribution in [0, 0.1) is 0 Å². The van der Waals surface area contributed by atoms with Crippen molar-refractivity contribution < 1.29 is 21.8 Å². The van der Waals surface area contributed by atoms with Crippen molar-refractivity contribution in [3.8, 4) is 0 Å². The molecule has 0 aromatic rings. The summed E-state index contributed by atoms with van der Waals surface area (Å²) in [6, 6.07) is 0. The number of hydrogen-bond donors (Lipinski definition) is 1. The average molecular weight is 323 g/mol. The predicted octanol–water partition coefficient (Wildman–Crippen LogP) is 0.407. The van der Waals surface area contributed by atoms with Crippen molar-refractivity contribution in [1.29, 1.82) is 0 Å². The second kappa shape index (κ2) is 11.7. The van der Waals surface area contributed by atoms with Crippen molar-refractivity contribution in [1.82, 2.24) is 5.32 Å². The second-order valence-electron chi connectivity index (χ2n) is 2.44. The van der Waals surface area contributed by atoms with E-state index in [1.165, 1.54) is 6.21 Å². The molecule has 0 heterocycles. The van der Waals surface area contributed by atoms with Crippen LogP contribution in [-0.4, -0.2) is 36.0 Å². The van der Waals surface area contributed by atoms with Crippen LogP contribution in [0.25, 0.3) is 0 Å². The van der Waals surface area contributed by atoms with Crippen molar-refractivity contribution in [3.05, 3.63) is 0 Å². The maximum Gasteiger partial charge on any atom is 2.00 e. The summed E-state index contributed by atoms with van der Waals surface area (Å²) in [6.45, 7) is 4.00. The summed E-state index contributed by atoms with van der Waals surface area (Å²) in [6.07, 6.45) is 1.41. The fraction of sp³-hybridized carbons (Fsp3) is 0.500. The van der Waals surface area contributed by atoms with Gasteiger partial charge in [0, 0.05) is 7.05 Å². The molecule has 0 aliphatic rings. The van der Waals surface area contributed by atoms with Gasteiger partial charge in [-0.15, -0.1) is 5.10 Å². The van der Waals surface area contributed by atoms with Crippen LogP contribution in [0.4, 0.5) is 0 Å². The van der Waals surface area contributed by atoms with Gasteiger partial charge in [0.05, 0.1) is 23.8 Å². The molecule has 0 bridgehead atoms. The Morgan fingerprint density at radius 2 is 1.94 bits per heavy atom. The first-order chi connectivity index (χ1) is 7.60. The monoisotopic (exact) mass is 322 g/mol. The summed E-state index contributed by atoms with van der Waals surface area (Å²) in [7, 11) is 1.67. The Balaban J connectivity index is 0. The number of ether oxygens (including phenoxy) is 1. The zero-order valence-corrected chi connectivity index (χ0v) is 12.2. The number of hydrogen-bond acceptors (Lipinski definition) is 7. The Hall–Kier alpha value is -0.761. The molecule has 1 N–H and O–H groups in total. The molecule has 6 nitrogen and oxygen atoms in total. The van der Waals surface area contributed by atoms with Gasteiger partial charge >= 0.3 is 17.1 Å². The number of rotatable bonds is 4. The SMILES string of the molecule is CCO/C([S-])=N/N=C/C(C)=N/N=C(\[S-])NC.[Cu+2]. The topological polar surface area (TPSA) is 70.7 Å². The fourth-order valence-electron chi connectivity index (χ4n) is 0.512. The molecule has 0 spiro atoms. The summed E-state index contributed by atoms with van der Waals surface area (Å²) < 4.78 is 4.90. The van der Waals surface area contributed by atoms with E-state index < -0.39 is 0 Å². The molecule has 0 fully saturated rings. The summed E-state index contributed by atoms with van der Waals surface area (Å²) in [5.74, 6) is 0. The largest absolute Gasteiger partial charge is 2.00 e. The summed E-state index contributed by atoms with van der Waals surface area (Å²) in [4.78, 5) is 0. The van der Waals surface area contributed by atoms with Crippen molar-refractivity contribution in [2.24, 2.45) is 20.4 Å². The van der Waals surface area contributed by atoms with Crippen LogP contribution in [0.2, 0.25) is 0 Å². The third-order valence-electron chi connectivity index (χ3n) is 1.16. The Kier molecular flexibility index (Phi) is 12.8. The van der Waals surface area contributed by atoms with Gasteiger partial charge in [0.2, 0.25) is 0 Å². The van der Waals surface area contributed by atoms with Gasteiger partial charge in [0.25, 0.3) is 0 Å². The third kappa shape index (κ3) is 11.5. The van der Waals surface area contributed by atoms with Crippen LogP contribution in [0.15, 0.2) is 20.4 Å². The van der Waals surface area contributed by atoms with Gasteiger partial charge in [-0.2, -0.15) is 15.3 Å². The maximum absolute atomic E-state index is 4.90. The maximum atomic E-state index is 4.90. The van der Waals surface area contributed by atoms with Gasteiger partial charge < -0.3 is 35.3 Å². The van der Waals surface area contributed by atoms with E-state index in [0.29, 0.717) is 17.5 Å². The molecule has 9 heteroatoms. The van der Waals surface area contributed by atoms with E-state index in [4.69, 9.17) is 30.0 Å². The van der Waals surface area contributed by atoms with Gasteiger partial charge in [0.15, 0.2) is 0 Å². The quantitative estimate of drug-likeness (QED) is 0.267. The minimum atomic E-state index is 0. The fourth-order valence-corrected chi connectivity index (χ4v) is 0.718. The first kappa shape index (κ1) is 18.6. The van der Waals surface area contributed by atoms with Crippen molar-refractivity contribution in [2.75, 3.05) is 13.7 Å². The summed E-state index contributed by atoms with van der Waals surface area (Å²) in [5, 5.41) is 17.8. The van der Waals surface area contributed by atoms with Gasteiger partial charge in [0.1, 0.15) is 0 Å². The number of amidine groups is 1. The summed E-state index contributed by atoms with van der Waals surface area (Å²) >= 11 is 9.50. The average Bonchev–Trinajstić information content (AvgIpc) is 2.26. The van der Waals surface area contributed by atoms with Gasteiger partial charge in [-0.3, -0.25) is 0 Å². The smallest absolute Gasteiger partial charge is 0.741 e. The molecular weight excluding hydrogens is 310 g/mol. The van der Waals surface area contributed by atoms with Gasteiger partial charge in [-0.25, -0.2) is 0 Å². The molecule has 1 radical (unpaired) electrons. The Morgan fingerprint density at radius 3 is 2.47 bits per heavy atom. The van der Waals surface area contributed by atoms with Crippen LogP contribution in [0.3, 0.4) is 0 Å².